The lowest BCUT2D eigenvalue weighted by Gasteiger charge is -2.33. The molecule has 1 fully saturated rings. The number of nitrogens with zero attached hydrogens (tertiary/aromatic N) is 2. The van der Waals surface area contributed by atoms with Gasteiger partial charge in [-0.3, -0.25) is 19.8 Å². The fraction of sp³-hybridized carbons (Fsp3) is 0.409. The molecule has 2 aromatic carbocycles. The van der Waals surface area contributed by atoms with Crippen LogP contribution in [0.15, 0.2) is 48.5 Å². The second kappa shape index (κ2) is 9.46. The zero-order valence-electron chi connectivity index (χ0n) is 16.3. The largest absolute Gasteiger partial charge is 0.352 e. The summed E-state index contributed by atoms with van der Waals surface area (Å²) in [5.41, 5.74) is 2.71. The number of carbonyl (C=O) groups excluding carboxylic acids is 1. The summed E-state index contributed by atoms with van der Waals surface area (Å²) in [5.74, 6) is -0.222. The second-order valence-electron chi connectivity index (χ2n) is 7.47. The number of carbonyl (C=O) groups is 1. The Balaban J connectivity index is 1.51. The molecule has 3 rings (SSSR count). The SMILES string of the molecule is CC1CCCCN1Cc1ccc(CNC(=O)Cc2ccccc2[N+](=O)[O-])cc1. The van der Waals surface area contributed by atoms with Crippen LogP contribution in [0.5, 0.6) is 0 Å². The molecule has 28 heavy (non-hydrogen) atoms. The predicted octanol–water partition coefficient (Wildman–Crippen LogP) is 3.83. The van der Waals surface area contributed by atoms with Crippen LogP contribution >= 0.6 is 0 Å². The van der Waals surface area contributed by atoms with Crippen molar-refractivity contribution in [2.24, 2.45) is 0 Å². The van der Waals surface area contributed by atoms with E-state index in [9.17, 15) is 14.9 Å². The fourth-order valence-corrected chi connectivity index (χ4v) is 3.66. The Kier molecular flexibility index (Phi) is 6.76. The molecule has 0 aliphatic carbocycles. The molecule has 0 aromatic heterocycles. The minimum atomic E-state index is -0.454. The zero-order chi connectivity index (χ0) is 19.9. The summed E-state index contributed by atoms with van der Waals surface area (Å²) in [5, 5.41) is 13.9. The Hall–Kier alpha value is -2.73. The maximum Gasteiger partial charge on any atom is 0.273 e. The lowest BCUT2D eigenvalue weighted by atomic mass is 10.0. The van der Waals surface area contributed by atoms with Crippen LogP contribution in [0.1, 0.15) is 42.9 Å². The van der Waals surface area contributed by atoms with Gasteiger partial charge in [0, 0.05) is 30.8 Å². The van der Waals surface area contributed by atoms with Crippen molar-refractivity contribution in [1.29, 1.82) is 0 Å². The molecule has 1 saturated heterocycles. The van der Waals surface area contributed by atoms with Gasteiger partial charge in [-0.2, -0.15) is 0 Å². The predicted molar refractivity (Wildman–Crippen MR) is 109 cm³/mol. The van der Waals surface area contributed by atoms with E-state index in [4.69, 9.17) is 0 Å². The van der Waals surface area contributed by atoms with Crippen LogP contribution in [-0.2, 0) is 24.3 Å². The molecule has 0 saturated carbocycles. The van der Waals surface area contributed by atoms with E-state index < -0.39 is 4.92 Å². The molecule has 148 valence electrons. The van der Waals surface area contributed by atoms with Crippen LogP contribution in [-0.4, -0.2) is 28.3 Å². The van der Waals surface area contributed by atoms with Crippen molar-refractivity contribution in [3.05, 3.63) is 75.3 Å². The van der Waals surface area contributed by atoms with Gasteiger partial charge in [0.05, 0.1) is 11.3 Å². The molecule has 1 amide bonds. The lowest BCUT2D eigenvalue weighted by Crippen LogP contribution is -2.36. The topological polar surface area (TPSA) is 75.5 Å². The first-order valence-electron chi connectivity index (χ1n) is 9.84. The highest BCUT2D eigenvalue weighted by Gasteiger charge is 2.18. The van der Waals surface area contributed by atoms with Gasteiger partial charge >= 0.3 is 0 Å². The van der Waals surface area contributed by atoms with Crippen LogP contribution in [0.4, 0.5) is 5.69 Å². The molecule has 0 radical (unpaired) electrons. The number of piperidine rings is 1. The Morgan fingerprint density at radius 3 is 2.57 bits per heavy atom. The Morgan fingerprint density at radius 2 is 1.86 bits per heavy atom. The summed E-state index contributed by atoms with van der Waals surface area (Å²) in [6, 6.07) is 15.3. The number of nitro groups is 1. The summed E-state index contributed by atoms with van der Waals surface area (Å²) in [4.78, 5) is 25.3. The summed E-state index contributed by atoms with van der Waals surface area (Å²) in [7, 11) is 0. The highest BCUT2D eigenvalue weighted by Crippen LogP contribution is 2.20. The minimum absolute atomic E-state index is 0.00207. The van der Waals surface area contributed by atoms with Crippen LogP contribution in [0.2, 0.25) is 0 Å². The molecule has 6 nitrogen and oxygen atoms in total. The van der Waals surface area contributed by atoms with Gasteiger partial charge < -0.3 is 5.32 Å². The third-order valence-electron chi connectivity index (χ3n) is 5.38. The van der Waals surface area contributed by atoms with E-state index in [0.717, 1.165) is 18.7 Å². The van der Waals surface area contributed by atoms with E-state index >= 15 is 0 Å². The number of hydrogen-bond acceptors (Lipinski definition) is 4. The van der Waals surface area contributed by atoms with Crippen LogP contribution in [0.3, 0.4) is 0 Å². The van der Waals surface area contributed by atoms with Crippen molar-refractivity contribution in [3.63, 3.8) is 0 Å². The third-order valence-corrected chi connectivity index (χ3v) is 5.38. The maximum atomic E-state index is 12.2. The number of para-hydroxylation sites is 1. The first-order valence-corrected chi connectivity index (χ1v) is 9.84. The molecule has 1 N–H and O–H groups in total. The smallest absolute Gasteiger partial charge is 0.273 e. The van der Waals surface area contributed by atoms with Crippen LogP contribution < -0.4 is 5.32 Å². The highest BCUT2D eigenvalue weighted by molar-refractivity contribution is 5.79. The molecule has 1 atom stereocenters. The number of likely N-dealkylation sites (tertiary alicyclic amines) is 1. The Bertz CT molecular complexity index is 820. The van der Waals surface area contributed by atoms with Gasteiger partial charge in [0.25, 0.3) is 5.69 Å². The van der Waals surface area contributed by atoms with E-state index in [2.05, 4.69) is 29.3 Å². The normalized spacial score (nSPS) is 17.2. The highest BCUT2D eigenvalue weighted by atomic mass is 16.6. The summed E-state index contributed by atoms with van der Waals surface area (Å²) in [6.45, 7) is 4.83. The average Bonchev–Trinajstić information content (AvgIpc) is 2.69. The molecule has 6 heteroatoms. The molecular formula is C22H27N3O3. The van der Waals surface area contributed by atoms with Crippen molar-refractivity contribution in [2.75, 3.05) is 6.54 Å². The number of nitrogens with one attached hydrogen (secondary N) is 1. The molecule has 1 aliphatic rings. The third kappa shape index (κ3) is 5.39. The lowest BCUT2D eigenvalue weighted by molar-refractivity contribution is -0.385. The number of hydrogen-bond donors (Lipinski definition) is 1. The number of amides is 1. The Morgan fingerprint density at radius 1 is 1.14 bits per heavy atom. The molecule has 1 aliphatic heterocycles. The first-order chi connectivity index (χ1) is 13.5. The van der Waals surface area contributed by atoms with Gasteiger partial charge in [-0.15, -0.1) is 0 Å². The van der Waals surface area contributed by atoms with Crippen molar-refractivity contribution < 1.29 is 9.72 Å². The van der Waals surface area contributed by atoms with Gasteiger partial charge in [0.1, 0.15) is 0 Å². The molecule has 2 aromatic rings. The first kappa shape index (κ1) is 20.0. The van der Waals surface area contributed by atoms with E-state index in [0.29, 0.717) is 18.2 Å². The van der Waals surface area contributed by atoms with E-state index in [-0.39, 0.29) is 18.0 Å². The number of rotatable bonds is 7. The van der Waals surface area contributed by atoms with E-state index in [1.165, 1.54) is 30.9 Å². The van der Waals surface area contributed by atoms with Crippen LogP contribution in [0.25, 0.3) is 0 Å². The van der Waals surface area contributed by atoms with Crippen molar-refractivity contribution in [2.45, 2.75) is 51.7 Å². The summed E-state index contributed by atoms with van der Waals surface area (Å²) in [6.07, 6.45) is 3.86. The molecule has 1 unspecified atom stereocenters. The quantitative estimate of drug-likeness (QED) is 0.584. The molecule has 0 bridgehead atoms. The monoisotopic (exact) mass is 381 g/mol. The van der Waals surface area contributed by atoms with Gasteiger partial charge in [0.15, 0.2) is 0 Å². The summed E-state index contributed by atoms with van der Waals surface area (Å²) >= 11 is 0. The average molecular weight is 381 g/mol. The van der Waals surface area contributed by atoms with Gasteiger partial charge in [0.2, 0.25) is 5.91 Å². The molecular weight excluding hydrogens is 354 g/mol. The van der Waals surface area contributed by atoms with Crippen LogP contribution in [0, 0.1) is 10.1 Å². The molecule has 0 spiro atoms. The van der Waals surface area contributed by atoms with Crippen molar-refractivity contribution in [1.82, 2.24) is 10.2 Å². The fourth-order valence-electron chi connectivity index (χ4n) is 3.66. The standard InChI is InChI=1S/C22H27N3O3/c1-17-6-4-5-13-24(17)16-19-11-9-18(10-12-19)15-23-22(26)14-20-7-2-3-8-21(20)25(27)28/h2-3,7-12,17H,4-6,13-16H2,1H3,(H,23,26). The van der Waals surface area contributed by atoms with Gasteiger partial charge in [-0.05, 0) is 37.4 Å². The summed E-state index contributed by atoms with van der Waals surface area (Å²) < 4.78 is 0. The van der Waals surface area contributed by atoms with E-state index in [1.807, 2.05) is 12.1 Å². The van der Waals surface area contributed by atoms with Crippen molar-refractivity contribution in [3.8, 4) is 0 Å². The van der Waals surface area contributed by atoms with Gasteiger partial charge in [-0.25, -0.2) is 0 Å². The minimum Gasteiger partial charge on any atom is -0.352 e. The van der Waals surface area contributed by atoms with Crippen molar-refractivity contribution >= 4 is 11.6 Å². The Labute approximate surface area is 165 Å². The molecule has 1 heterocycles. The number of nitro benzene ring substituents is 1. The zero-order valence-corrected chi connectivity index (χ0v) is 16.3. The van der Waals surface area contributed by atoms with Gasteiger partial charge in [-0.1, -0.05) is 48.9 Å². The van der Waals surface area contributed by atoms with E-state index in [1.54, 1.807) is 18.2 Å². The second-order valence-corrected chi connectivity index (χ2v) is 7.47. The maximum absolute atomic E-state index is 12.2. The number of benzene rings is 2.